The van der Waals surface area contributed by atoms with Gasteiger partial charge in [0.25, 0.3) is 0 Å². The van der Waals surface area contributed by atoms with Crippen LogP contribution in [0.5, 0.6) is 0 Å². The lowest BCUT2D eigenvalue weighted by Crippen LogP contribution is -2.53. The summed E-state index contributed by atoms with van der Waals surface area (Å²) in [5.74, 6) is -0.335. The van der Waals surface area contributed by atoms with Crippen LogP contribution in [0.4, 0.5) is 0 Å². The van der Waals surface area contributed by atoms with Gasteiger partial charge < -0.3 is 5.73 Å². The summed E-state index contributed by atoms with van der Waals surface area (Å²) in [7, 11) is 0. The minimum Gasteiger partial charge on any atom is -0.325 e. The molecule has 1 fully saturated rings. The fourth-order valence-corrected chi connectivity index (χ4v) is 2.61. The number of imide groups is 1. The largest absolute Gasteiger partial charge is 0.325 e. The molecule has 1 aliphatic rings. The molecule has 0 aromatic rings. The van der Waals surface area contributed by atoms with Crippen molar-refractivity contribution < 1.29 is 9.59 Å². The quantitative estimate of drug-likeness (QED) is 0.737. The number of nitrogens with two attached hydrogens (primary N) is 1. The van der Waals surface area contributed by atoms with Gasteiger partial charge >= 0.3 is 0 Å². The molecular weight excluding hydrogens is 204 g/mol. The minimum atomic E-state index is -0.503. The van der Waals surface area contributed by atoms with Crippen molar-refractivity contribution in [3.05, 3.63) is 0 Å². The van der Waals surface area contributed by atoms with Crippen LogP contribution in [0.15, 0.2) is 0 Å². The first-order valence-corrected chi connectivity index (χ1v) is 5.70. The van der Waals surface area contributed by atoms with E-state index in [1.807, 2.05) is 27.7 Å². The third-order valence-corrected chi connectivity index (χ3v) is 2.87. The Morgan fingerprint density at radius 1 is 1.31 bits per heavy atom. The van der Waals surface area contributed by atoms with Crippen LogP contribution in [0.1, 0.15) is 47.5 Å². The average molecular weight is 226 g/mol. The van der Waals surface area contributed by atoms with Crippen LogP contribution in [-0.2, 0) is 9.59 Å². The zero-order valence-corrected chi connectivity index (χ0v) is 10.8. The Bertz CT molecular complexity index is 315. The van der Waals surface area contributed by atoms with Crippen molar-refractivity contribution in [1.29, 1.82) is 0 Å². The third-order valence-electron chi connectivity index (χ3n) is 2.87. The van der Waals surface area contributed by atoms with Gasteiger partial charge in [0.15, 0.2) is 0 Å². The molecule has 1 saturated heterocycles. The van der Waals surface area contributed by atoms with E-state index in [1.165, 1.54) is 4.90 Å². The van der Waals surface area contributed by atoms with Gasteiger partial charge in [-0.1, -0.05) is 6.92 Å². The first-order valence-electron chi connectivity index (χ1n) is 5.70. The van der Waals surface area contributed by atoms with E-state index in [4.69, 9.17) is 5.73 Å². The monoisotopic (exact) mass is 226 g/mol. The number of rotatable bonds is 3. The topological polar surface area (TPSA) is 63.4 Å². The average Bonchev–Trinajstić information content (AvgIpc) is 2.20. The van der Waals surface area contributed by atoms with Crippen LogP contribution in [0.3, 0.4) is 0 Å². The van der Waals surface area contributed by atoms with Gasteiger partial charge in [0, 0.05) is 23.4 Å². The molecule has 4 heteroatoms. The highest BCUT2D eigenvalue weighted by Crippen LogP contribution is 2.31. The van der Waals surface area contributed by atoms with Gasteiger partial charge in [-0.15, -0.1) is 0 Å². The molecule has 0 spiro atoms. The zero-order chi connectivity index (χ0) is 12.7. The Morgan fingerprint density at radius 3 is 2.12 bits per heavy atom. The molecule has 1 aliphatic heterocycles. The van der Waals surface area contributed by atoms with Gasteiger partial charge in [0.2, 0.25) is 11.8 Å². The van der Waals surface area contributed by atoms with Crippen molar-refractivity contribution in [3.63, 3.8) is 0 Å². The number of hydrogen-bond acceptors (Lipinski definition) is 3. The fraction of sp³-hybridized carbons (Fsp3) is 0.833. The summed E-state index contributed by atoms with van der Waals surface area (Å²) in [5, 5.41) is 0. The molecule has 0 radical (unpaired) electrons. The van der Waals surface area contributed by atoms with Crippen LogP contribution in [0, 0.1) is 5.92 Å². The van der Waals surface area contributed by atoms with Crippen LogP contribution in [0.25, 0.3) is 0 Å². The Kier molecular flexibility index (Phi) is 3.16. The number of amides is 2. The van der Waals surface area contributed by atoms with Crippen molar-refractivity contribution in [3.8, 4) is 0 Å². The molecule has 1 heterocycles. The number of nitrogens with zero attached hydrogens (tertiary/aromatic N) is 1. The van der Waals surface area contributed by atoms with Gasteiger partial charge in [-0.3, -0.25) is 14.5 Å². The number of hydrogen-bond donors (Lipinski definition) is 1. The van der Waals surface area contributed by atoms with E-state index in [9.17, 15) is 9.59 Å². The summed E-state index contributed by atoms with van der Waals surface area (Å²) in [5.41, 5.74) is 5.07. The molecule has 2 N–H and O–H groups in total. The smallest absolute Gasteiger partial charge is 0.233 e. The van der Waals surface area contributed by atoms with E-state index in [0.29, 0.717) is 12.8 Å². The highest BCUT2D eigenvalue weighted by molar-refractivity contribution is 6.04. The second kappa shape index (κ2) is 3.84. The Balaban J connectivity index is 2.91. The molecule has 16 heavy (non-hydrogen) atoms. The van der Waals surface area contributed by atoms with E-state index in [-0.39, 0.29) is 17.7 Å². The van der Waals surface area contributed by atoms with Gasteiger partial charge in [-0.2, -0.15) is 0 Å². The summed E-state index contributed by atoms with van der Waals surface area (Å²) >= 11 is 0. The van der Waals surface area contributed by atoms with Gasteiger partial charge in [-0.05, 0) is 34.1 Å². The predicted octanol–water partition coefficient (Wildman–Crippen LogP) is 1.29. The zero-order valence-electron chi connectivity index (χ0n) is 10.8. The number of likely N-dealkylation sites (tertiary alicyclic amines) is 1. The summed E-state index contributed by atoms with van der Waals surface area (Å²) in [6.07, 6.45) is 0.928. The number of carbonyl (C=O) groups excluding carboxylic acids is 2. The lowest BCUT2D eigenvalue weighted by atomic mass is 9.86. The highest BCUT2D eigenvalue weighted by Gasteiger charge is 2.45. The Hall–Kier alpha value is -0.900. The maximum atomic E-state index is 11.9. The van der Waals surface area contributed by atoms with Crippen molar-refractivity contribution >= 4 is 11.8 Å². The summed E-state index contributed by atoms with van der Waals surface area (Å²) in [6.45, 7) is 9.40. The van der Waals surface area contributed by atoms with E-state index >= 15 is 0 Å². The third kappa shape index (κ3) is 2.61. The molecule has 0 aliphatic carbocycles. The Labute approximate surface area is 97.2 Å². The SMILES string of the molecule is CC1CC(=O)N(C(C)(C)CC(C)(C)N)C1=O. The molecule has 2 amide bonds. The fourth-order valence-electron chi connectivity index (χ4n) is 2.61. The second-order valence-corrected chi connectivity index (χ2v) is 6.15. The van der Waals surface area contributed by atoms with E-state index < -0.39 is 11.1 Å². The van der Waals surface area contributed by atoms with Crippen molar-refractivity contribution in [1.82, 2.24) is 4.90 Å². The van der Waals surface area contributed by atoms with Crippen molar-refractivity contribution in [2.45, 2.75) is 58.5 Å². The summed E-state index contributed by atoms with van der Waals surface area (Å²) < 4.78 is 0. The first-order chi connectivity index (χ1) is 7.04. The molecule has 1 atom stereocenters. The second-order valence-electron chi connectivity index (χ2n) is 6.15. The molecule has 1 unspecified atom stereocenters. The van der Waals surface area contributed by atoms with E-state index in [1.54, 1.807) is 6.92 Å². The highest BCUT2D eigenvalue weighted by atomic mass is 16.2. The maximum Gasteiger partial charge on any atom is 0.233 e. The van der Waals surface area contributed by atoms with Crippen molar-refractivity contribution in [2.75, 3.05) is 0 Å². The minimum absolute atomic E-state index is 0.0701. The van der Waals surface area contributed by atoms with Gasteiger partial charge in [0.1, 0.15) is 0 Å². The number of carbonyl (C=O) groups is 2. The lowest BCUT2D eigenvalue weighted by molar-refractivity contribution is -0.145. The molecule has 0 aromatic heterocycles. The molecule has 92 valence electrons. The summed E-state index contributed by atoms with van der Waals surface area (Å²) in [4.78, 5) is 25.1. The van der Waals surface area contributed by atoms with Crippen LogP contribution in [-0.4, -0.2) is 27.8 Å². The van der Waals surface area contributed by atoms with Crippen molar-refractivity contribution in [2.24, 2.45) is 11.7 Å². The van der Waals surface area contributed by atoms with E-state index in [0.717, 1.165) is 0 Å². The van der Waals surface area contributed by atoms with Gasteiger partial charge in [0.05, 0.1) is 0 Å². The first kappa shape index (κ1) is 13.2. The molecule has 4 nitrogen and oxygen atoms in total. The maximum absolute atomic E-state index is 11.9. The molecule has 0 saturated carbocycles. The summed E-state index contributed by atoms with van der Waals surface area (Å²) in [6, 6.07) is 0. The predicted molar refractivity (Wildman–Crippen MR) is 62.6 cm³/mol. The Morgan fingerprint density at radius 2 is 1.81 bits per heavy atom. The van der Waals surface area contributed by atoms with Gasteiger partial charge in [-0.25, -0.2) is 0 Å². The van der Waals surface area contributed by atoms with E-state index in [2.05, 4.69) is 0 Å². The standard InChI is InChI=1S/C12H22N2O2/c1-8-6-9(15)14(10(8)16)12(4,5)7-11(2,3)13/h8H,6-7,13H2,1-5H3. The van der Waals surface area contributed by atoms with Crippen LogP contribution in [0.2, 0.25) is 0 Å². The molecule has 0 aromatic carbocycles. The normalized spacial score (nSPS) is 23.1. The molecular formula is C12H22N2O2. The molecule has 0 bridgehead atoms. The van der Waals surface area contributed by atoms with Crippen LogP contribution >= 0.6 is 0 Å². The lowest BCUT2D eigenvalue weighted by Gasteiger charge is -2.38. The molecule has 1 rings (SSSR count). The van der Waals surface area contributed by atoms with Crippen LogP contribution < -0.4 is 5.73 Å².